The van der Waals surface area contributed by atoms with E-state index in [9.17, 15) is 0 Å². The molecule has 0 aromatic heterocycles. The molecule has 0 aromatic rings. The van der Waals surface area contributed by atoms with Crippen LogP contribution in [-0.2, 0) is 4.74 Å². The normalized spacial score (nSPS) is 13.7. The average molecular weight is 238 g/mol. The lowest BCUT2D eigenvalue weighted by atomic mass is 10.0. The molecule has 0 aliphatic rings. The standard InChI is InChI=1S/C16H30O/c1-5-7-8-9-13-17-14-12-16(4)11-10-15(3)6-2/h6,12,15H,2,5,7-11,13-14H2,1,3-4H3. The lowest BCUT2D eigenvalue weighted by molar-refractivity contribution is 0.156. The van der Waals surface area contributed by atoms with E-state index in [-0.39, 0.29) is 0 Å². The Labute approximate surface area is 108 Å². The maximum absolute atomic E-state index is 5.59. The minimum atomic E-state index is 0.619. The van der Waals surface area contributed by atoms with Gasteiger partial charge in [0, 0.05) is 6.61 Å². The van der Waals surface area contributed by atoms with Crippen LogP contribution in [-0.4, -0.2) is 13.2 Å². The van der Waals surface area contributed by atoms with Crippen molar-refractivity contribution in [1.29, 1.82) is 0 Å². The highest BCUT2D eigenvalue weighted by molar-refractivity contribution is 4.98. The number of hydrogen-bond donors (Lipinski definition) is 0. The summed E-state index contributed by atoms with van der Waals surface area (Å²) in [6.45, 7) is 12.1. The van der Waals surface area contributed by atoms with Gasteiger partial charge in [-0.15, -0.1) is 6.58 Å². The molecule has 0 spiro atoms. The molecule has 0 N–H and O–H groups in total. The molecule has 1 nitrogen and oxygen atoms in total. The van der Waals surface area contributed by atoms with E-state index in [2.05, 4.69) is 33.4 Å². The molecule has 0 aromatic carbocycles. The second kappa shape index (κ2) is 11.9. The first-order chi connectivity index (χ1) is 8.20. The van der Waals surface area contributed by atoms with Crippen LogP contribution in [0.4, 0.5) is 0 Å². The molecule has 0 aliphatic carbocycles. The Hall–Kier alpha value is -0.560. The number of allylic oxidation sites excluding steroid dienone is 2. The van der Waals surface area contributed by atoms with Crippen molar-refractivity contribution in [3.8, 4) is 0 Å². The van der Waals surface area contributed by atoms with Crippen LogP contribution in [0.3, 0.4) is 0 Å². The Morgan fingerprint density at radius 3 is 2.71 bits per heavy atom. The van der Waals surface area contributed by atoms with E-state index in [0.717, 1.165) is 19.6 Å². The summed E-state index contributed by atoms with van der Waals surface area (Å²) >= 11 is 0. The van der Waals surface area contributed by atoms with Gasteiger partial charge in [-0.3, -0.25) is 0 Å². The summed E-state index contributed by atoms with van der Waals surface area (Å²) in [5, 5.41) is 0. The number of unbranched alkanes of at least 4 members (excludes halogenated alkanes) is 3. The van der Waals surface area contributed by atoms with Gasteiger partial charge in [-0.25, -0.2) is 0 Å². The molecular weight excluding hydrogens is 208 g/mol. The molecule has 0 bridgehead atoms. The summed E-state index contributed by atoms with van der Waals surface area (Å²) in [5.41, 5.74) is 1.44. The predicted molar refractivity (Wildman–Crippen MR) is 77.3 cm³/mol. The first kappa shape index (κ1) is 16.4. The Kier molecular flexibility index (Phi) is 11.5. The molecule has 0 radical (unpaired) electrons. The fourth-order valence-electron chi connectivity index (χ4n) is 1.59. The summed E-state index contributed by atoms with van der Waals surface area (Å²) in [4.78, 5) is 0. The van der Waals surface area contributed by atoms with Crippen LogP contribution >= 0.6 is 0 Å². The summed E-state index contributed by atoms with van der Waals surface area (Å²) in [7, 11) is 0. The zero-order valence-electron chi connectivity index (χ0n) is 12.0. The van der Waals surface area contributed by atoms with Gasteiger partial charge in [-0.1, -0.05) is 50.8 Å². The van der Waals surface area contributed by atoms with E-state index >= 15 is 0 Å². The Morgan fingerprint density at radius 1 is 1.29 bits per heavy atom. The fourth-order valence-corrected chi connectivity index (χ4v) is 1.59. The van der Waals surface area contributed by atoms with E-state index in [0.29, 0.717) is 5.92 Å². The van der Waals surface area contributed by atoms with Crippen LogP contribution in [0.15, 0.2) is 24.3 Å². The lowest BCUT2D eigenvalue weighted by Crippen LogP contribution is -1.96. The number of ether oxygens (including phenoxy) is 1. The van der Waals surface area contributed by atoms with E-state index in [1.807, 2.05) is 6.08 Å². The minimum absolute atomic E-state index is 0.619. The summed E-state index contributed by atoms with van der Waals surface area (Å²) in [5.74, 6) is 0.619. The van der Waals surface area contributed by atoms with Crippen molar-refractivity contribution in [2.75, 3.05) is 13.2 Å². The third-order valence-corrected chi connectivity index (χ3v) is 3.09. The predicted octanol–water partition coefficient (Wildman–Crippen LogP) is 5.13. The Bertz CT molecular complexity index is 206. The van der Waals surface area contributed by atoms with E-state index in [4.69, 9.17) is 4.74 Å². The quantitative estimate of drug-likeness (QED) is 0.358. The first-order valence-electron chi connectivity index (χ1n) is 7.06. The van der Waals surface area contributed by atoms with Gasteiger partial charge in [0.2, 0.25) is 0 Å². The van der Waals surface area contributed by atoms with Crippen LogP contribution in [0, 0.1) is 5.92 Å². The molecular formula is C16H30O. The highest BCUT2D eigenvalue weighted by atomic mass is 16.5. The monoisotopic (exact) mass is 238 g/mol. The second-order valence-electron chi connectivity index (χ2n) is 4.94. The van der Waals surface area contributed by atoms with Crippen molar-refractivity contribution in [1.82, 2.24) is 0 Å². The Morgan fingerprint density at radius 2 is 2.06 bits per heavy atom. The van der Waals surface area contributed by atoms with E-state index in [1.165, 1.54) is 37.7 Å². The molecule has 0 saturated heterocycles. The van der Waals surface area contributed by atoms with Crippen LogP contribution < -0.4 is 0 Å². The van der Waals surface area contributed by atoms with E-state index < -0.39 is 0 Å². The van der Waals surface area contributed by atoms with Crippen molar-refractivity contribution in [3.05, 3.63) is 24.3 Å². The first-order valence-corrected chi connectivity index (χ1v) is 7.06. The summed E-state index contributed by atoms with van der Waals surface area (Å²) in [6.07, 6.45) is 11.7. The van der Waals surface area contributed by atoms with Gasteiger partial charge in [0.15, 0.2) is 0 Å². The Balaban J connectivity index is 3.40. The van der Waals surface area contributed by atoms with Crippen LogP contribution in [0.5, 0.6) is 0 Å². The topological polar surface area (TPSA) is 9.23 Å². The van der Waals surface area contributed by atoms with Gasteiger partial charge in [0.05, 0.1) is 6.61 Å². The molecule has 17 heavy (non-hydrogen) atoms. The number of hydrogen-bond acceptors (Lipinski definition) is 1. The van der Waals surface area contributed by atoms with Crippen molar-refractivity contribution in [2.24, 2.45) is 5.92 Å². The highest BCUT2D eigenvalue weighted by Crippen LogP contribution is 2.12. The molecule has 0 amide bonds. The highest BCUT2D eigenvalue weighted by Gasteiger charge is 1.96. The smallest absolute Gasteiger partial charge is 0.0649 e. The third-order valence-electron chi connectivity index (χ3n) is 3.09. The van der Waals surface area contributed by atoms with Crippen LogP contribution in [0.2, 0.25) is 0 Å². The molecule has 1 unspecified atom stereocenters. The van der Waals surface area contributed by atoms with Gasteiger partial charge < -0.3 is 4.74 Å². The second-order valence-corrected chi connectivity index (χ2v) is 4.94. The molecule has 0 heterocycles. The van der Waals surface area contributed by atoms with Crippen LogP contribution in [0.25, 0.3) is 0 Å². The van der Waals surface area contributed by atoms with Crippen LogP contribution in [0.1, 0.15) is 59.3 Å². The largest absolute Gasteiger partial charge is 0.377 e. The van der Waals surface area contributed by atoms with Crippen molar-refractivity contribution >= 4 is 0 Å². The zero-order chi connectivity index (χ0) is 12.9. The lowest BCUT2D eigenvalue weighted by Gasteiger charge is -2.06. The SMILES string of the molecule is C=CC(C)CCC(C)=CCOCCCCCC. The maximum Gasteiger partial charge on any atom is 0.0649 e. The van der Waals surface area contributed by atoms with Gasteiger partial charge in [-0.2, -0.15) is 0 Å². The fraction of sp³-hybridized carbons (Fsp3) is 0.750. The summed E-state index contributed by atoms with van der Waals surface area (Å²) in [6, 6.07) is 0. The molecule has 100 valence electrons. The van der Waals surface area contributed by atoms with Gasteiger partial charge >= 0.3 is 0 Å². The zero-order valence-corrected chi connectivity index (χ0v) is 12.0. The summed E-state index contributed by atoms with van der Waals surface area (Å²) < 4.78 is 5.59. The molecule has 0 rings (SSSR count). The molecule has 0 aliphatic heterocycles. The molecule has 1 atom stereocenters. The van der Waals surface area contributed by atoms with Gasteiger partial charge in [0.1, 0.15) is 0 Å². The molecule has 0 saturated carbocycles. The maximum atomic E-state index is 5.59. The van der Waals surface area contributed by atoms with Gasteiger partial charge in [-0.05, 0) is 32.1 Å². The van der Waals surface area contributed by atoms with Crippen molar-refractivity contribution < 1.29 is 4.74 Å². The third kappa shape index (κ3) is 11.7. The van der Waals surface area contributed by atoms with Gasteiger partial charge in [0.25, 0.3) is 0 Å². The van der Waals surface area contributed by atoms with E-state index in [1.54, 1.807) is 0 Å². The molecule has 0 fully saturated rings. The minimum Gasteiger partial charge on any atom is -0.377 e. The van der Waals surface area contributed by atoms with Crippen molar-refractivity contribution in [2.45, 2.75) is 59.3 Å². The van der Waals surface area contributed by atoms with Crippen molar-refractivity contribution in [3.63, 3.8) is 0 Å². The average Bonchev–Trinajstić information content (AvgIpc) is 2.34. The molecule has 1 heteroatoms. The number of rotatable bonds is 11.